The summed E-state index contributed by atoms with van der Waals surface area (Å²) in [5.41, 5.74) is 9.58. The fourth-order valence-electron chi connectivity index (χ4n) is 2.83. The van der Waals surface area contributed by atoms with Crippen LogP contribution in [0, 0.1) is 6.92 Å². The molecular formula is C21H24N6O2. The quantitative estimate of drug-likeness (QED) is 0.460. The summed E-state index contributed by atoms with van der Waals surface area (Å²) in [6.45, 7) is 4.00. The number of carbonyl (C=O) groups excluding carboxylic acids is 2. The number of hydrogen-bond donors (Lipinski definition) is 4. The SMILES string of the molecule is CCc1ccc(NC(=O)CC2N=C(/N=C(\N)Nc3ccccc3C)NC2=O)cc1. The van der Waals surface area contributed by atoms with E-state index in [9.17, 15) is 9.59 Å². The lowest BCUT2D eigenvalue weighted by molar-refractivity contribution is -0.123. The van der Waals surface area contributed by atoms with Crippen molar-refractivity contribution in [2.24, 2.45) is 15.7 Å². The maximum absolute atomic E-state index is 12.2. The highest BCUT2D eigenvalue weighted by molar-refractivity contribution is 6.11. The number of para-hydroxylation sites is 1. The van der Waals surface area contributed by atoms with Crippen LogP contribution in [0.2, 0.25) is 0 Å². The van der Waals surface area contributed by atoms with E-state index in [0.717, 1.165) is 17.7 Å². The van der Waals surface area contributed by atoms with Crippen molar-refractivity contribution in [2.75, 3.05) is 10.6 Å². The number of nitrogens with one attached hydrogen (secondary N) is 3. The molecule has 0 radical (unpaired) electrons. The largest absolute Gasteiger partial charge is 0.369 e. The topological polar surface area (TPSA) is 121 Å². The van der Waals surface area contributed by atoms with E-state index in [1.165, 1.54) is 5.56 Å². The van der Waals surface area contributed by atoms with Crippen LogP contribution in [0.4, 0.5) is 11.4 Å². The lowest BCUT2D eigenvalue weighted by Crippen LogP contribution is -2.32. The molecule has 1 unspecified atom stereocenters. The van der Waals surface area contributed by atoms with Gasteiger partial charge < -0.3 is 16.4 Å². The molecule has 0 aliphatic carbocycles. The summed E-state index contributed by atoms with van der Waals surface area (Å²) < 4.78 is 0. The first kappa shape index (κ1) is 20.1. The van der Waals surface area contributed by atoms with Crippen molar-refractivity contribution in [1.29, 1.82) is 0 Å². The maximum atomic E-state index is 12.2. The molecule has 0 spiro atoms. The zero-order valence-electron chi connectivity index (χ0n) is 16.4. The molecule has 3 rings (SSSR count). The van der Waals surface area contributed by atoms with Crippen molar-refractivity contribution in [3.05, 3.63) is 59.7 Å². The minimum atomic E-state index is -0.838. The van der Waals surface area contributed by atoms with E-state index in [-0.39, 0.29) is 30.2 Å². The molecule has 1 atom stereocenters. The number of amides is 2. The van der Waals surface area contributed by atoms with Crippen LogP contribution in [-0.4, -0.2) is 29.8 Å². The van der Waals surface area contributed by atoms with Gasteiger partial charge in [-0.2, -0.15) is 4.99 Å². The molecule has 8 nitrogen and oxygen atoms in total. The zero-order valence-corrected chi connectivity index (χ0v) is 16.4. The number of aliphatic imine (C=N–C) groups is 2. The molecule has 8 heteroatoms. The number of aryl methyl sites for hydroxylation is 2. The van der Waals surface area contributed by atoms with Gasteiger partial charge in [0.1, 0.15) is 6.04 Å². The van der Waals surface area contributed by atoms with Crippen LogP contribution < -0.4 is 21.7 Å². The van der Waals surface area contributed by atoms with Crippen molar-refractivity contribution >= 4 is 35.1 Å². The van der Waals surface area contributed by atoms with Gasteiger partial charge in [-0.3, -0.25) is 14.9 Å². The van der Waals surface area contributed by atoms with E-state index >= 15 is 0 Å². The molecule has 5 N–H and O–H groups in total. The van der Waals surface area contributed by atoms with E-state index in [0.29, 0.717) is 5.69 Å². The van der Waals surface area contributed by atoms with Crippen LogP contribution in [0.25, 0.3) is 0 Å². The van der Waals surface area contributed by atoms with Gasteiger partial charge in [0.2, 0.25) is 17.8 Å². The Balaban J connectivity index is 1.59. The second kappa shape index (κ2) is 9.01. The van der Waals surface area contributed by atoms with Gasteiger partial charge in [-0.25, -0.2) is 4.99 Å². The van der Waals surface area contributed by atoms with Crippen LogP contribution in [0.1, 0.15) is 24.5 Å². The monoisotopic (exact) mass is 392 g/mol. The number of benzene rings is 2. The lowest BCUT2D eigenvalue weighted by Gasteiger charge is -2.07. The molecule has 0 aromatic heterocycles. The molecule has 2 amide bonds. The minimum absolute atomic E-state index is 0.0779. The van der Waals surface area contributed by atoms with Gasteiger partial charge in [-0.1, -0.05) is 37.3 Å². The fourth-order valence-corrected chi connectivity index (χ4v) is 2.83. The van der Waals surface area contributed by atoms with Gasteiger partial charge in [-0.05, 0) is 42.7 Å². The third-order valence-corrected chi connectivity index (χ3v) is 4.47. The van der Waals surface area contributed by atoms with E-state index in [1.54, 1.807) is 0 Å². The summed E-state index contributed by atoms with van der Waals surface area (Å²) >= 11 is 0. The lowest BCUT2D eigenvalue weighted by atomic mass is 10.1. The van der Waals surface area contributed by atoms with Gasteiger partial charge in [0.15, 0.2) is 0 Å². The first-order valence-electron chi connectivity index (χ1n) is 9.39. The Morgan fingerprint density at radius 1 is 1.17 bits per heavy atom. The van der Waals surface area contributed by atoms with Crippen LogP contribution >= 0.6 is 0 Å². The number of carbonyl (C=O) groups is 2. The molecule has 0 saturated carbocycles. The average molecular weight is 392 g/mol. The number of rotatable bonds is 5. The van der Waals surface area contributed by atoms with Crippen LogP contribution in [-0.2, 0) is 16.0 Å². The van der Waals surface area contributed by atoms with Crippen molar-refractivity contribution in [2.45, 2.75) is 32.7 Å². The molecular weight excluding hydrogens is 368 g/mol. The predicted octanol–water partition coefficient (Wildman–Crippen LogP) is 2.17. The smallest absolute Gasteiger partial charge is 0.252 e. The van der Waals surface area contributed by atoms with Gasteiger partial charge >= 0.3 is 0 Å². The number of nitrogens with two attached hydrogens (primary N) is 1. The second-order valence-electron chi connectivity index (χ2n) is 6.70. The summed E-state index contributed by atoms with van der Waals surface area (Å²) in [5.74, 6) is -0.503. The molecule has 1 heterocycles. The van der Waals surface area contributed by atoms with E-state index in [2.05, 4.69) is 32.9 Å². The fraction of sp³-hybridized carbons (Fsp3) is 0.238. The Morgan fingerprint density at radius 2 is 1.90 bits per heavy atom. The average Bonchev–Trinajstić information content (AvgIpc) is 3.02. The van der Waals surface area contributed by atoms with Crippen molar-refractivity contribution in [3.8, 4) is 0 Å². The molecule has 1 aliphatic rings. The van der Waals surface area contributed by atoms with Crippen molar-refractivity contribution in [3.63, 3.8) is 0 Å². The van der Waals surface area contributed by atoms with Crippen molar-refractivity contribution in [1.82, 2.24) is 5.32 Å². The Hall–Kier alpha value is -3.68. The molecule has 0 saturated heterocycles. The molecule has 2 aromatic carbocycles. The summed E-state index contributed by atoms with van der Waals surface area (Å²) in [5, 5.41) is 8.28. The second-order valence-corrected chi connectivity index (χ2v) is 6.70. The van der Waals surface area contributed by atoms with Crippen LogP contribution in [0.3, 0.4) is 0 Å². The van der Waals surface area contributed by atoms with Gasteiger partial charge in [0, 0.05) is 11.4 Å². The molecule has 0 fully saturated rings. The van der Waals surface area contributed by atoms with E-state index in [1.807, 2.05) is 55.5 Å². The van der Waals surface area contributed by atoms with E-state index < -0.39 is 6.04 Å². The number of anilines is 2. The summed E-state index contributed by atoms with van der Waals surface area (Å²) in [4.78, 5) is 32.6. The summed E-state index contributed by atoms with van der Waals surface area (Å²) in [6, 6.07) is 14.3. The molecule has 29 heavy (non-hydrogen) atoms. The van der Waals surface area contributed by atoms with Crippen molar-refractivity contribution < 1.29 is 9.59 Å². The number of nitrogens with zero attached hydrogens (tertiary/aromatic N) is 2. The predicted molar refractivity (Wildman–Crippen MR) is 115 cm³/mol. The first-order valence-corrected chi connectivity index (χ1v) is 9.39. The third kappa shape index (κ3) is 5.41. The summed E-state index contributed by atoms with van der Waals surface area (Å²) in [7, 11) is 0. The zero-order chi connectivity index (χ0) is 20.8. The normalized spacial score (nSPS) is 16.2. The summed E-state index contributed by atoms with van der Waals surface area (Å²) in [6.07, 6.45) is 0.849. The number of guanidine groups is 2. The Labute approximate surface area is 169 Å². The third-order valence-electron chi connectivity index (χ3n) is 4.47. The van der Waals surface area contributed by atoms with Gasteiger partial charge in [0.05, 0.1) is 6.42 Å². The Kier molecular flexibility index (Phi) is 6.23. The highest BCUT2D eigenvalue weighted by Crippen LogP contribution is 2.14. The molecule has 1 aliphatic heterocycles. The highest BCUT2D eigenvalue weighted by atomic mass is 16.2. The molecule has 2 aromatic rings. The molecule has 150 valence electrons. The Bertz CT molecular complexity index is 965. The van der Waals surface area contributed by atoms with Crippen LogP contribution in [0.5, 0.6) is 0 Å². The maximum Gasteiger partial charge on any atom is 0.252 e. The van der Waals surface area contributed by atoms with Gasteiger partial charge in [0.25, 0.3) is 5.91 Å². The minimum Gasteiger partial charge on any atom is -0.369 e. The first-order chi connectivity index (χ1) is 13.9. The standard InChI is InChI=1S/C21H24N6O2/c1-3-14-8-10-15(11-9-14)23-18(28)12-17-19(29)26-21(25-17)27-20(22)24-16-7-5-4-6-13(16)2/h4-11,17H,3,12H2,1-2H3,(H,23,28)(H4,22,24,25,26,27,29). The van der Waals surface area contributed by atoms with Crippen LogP contribution in [0.15, 0.2) is 58.5 Å². The van der Waals surface area contributed by atoms with E-state index in [4.69, 9.17) is 5.73 Å². The number of hydrogen-bond acceptors (Lipinski definition) is 4. The van der Waals surface area contributed by atoms with Gasteiger partial charge in [-0.15, -0.1) is 0 Å². The highest BCUT2D eigenvalue weighted by Gasteiger charge is 2.28. The molecule has 0 bridgehead atoms. The Morgan fingerprint density at radius 3 is 2.59 bits per heavy atom.